The predicted octanol–water partition coefficient (Wildman–Crippen LogP) is 4.87. The molecule has 0 atom stereocenters. The zero-order chi connectivity index (χ0) is 11.9. The summed E-state index contributed by atoms with van der Waals surface area (Å²) in [6.45, 7) is 0.285. The zero-order valence-electron chi connectivity index (χ0n) is 10.5. The molecular formula is C14H27IO. The van der Waals surface area contributed by atoms with Crippen LogP contribution in [-0.4, -0.2) is 16.1 Å². The first-order valence-electron chi connectivity index (χ1n) is 6.73. The van der Waals surface area contributed by atoms with Gasteiger partial charge in [0.1, 0.15) is 0 Å². The van der Waals surface area contributed by atoms with Crippen LogP contribution in [0.5, 0.6) is 0 Å². The zero-order valence-corrected chi connectivity index (χ0v) is 12.6. The third-order valence-electron chi connectivity index (χ3n) is 2.72. The molecule has 0 saturated carbocycles. The van der Waals surface area contributed by atoms with Crippen LogP contribution in [0.25, 0.3) is 0 Å². The number of allylic oxidation sites excluding steroid dienone is 1. The highest BCUT2D eigenvalue weighted by atomic mass is 127. The molecule has 2 heteroatoms. The molecule has 0 rings (SSSR count). The lowest BCUT2D eigenvalue weighted by molar-refractivity contribution is 0.302. The van der Waals surface area contributed by atoms with E-state index in [0.717, 1.165) is 6.42 Å². The van der Waals surface area contributed by atoms with Gasteiger partial charge in [0.2, 0.25) is 0 Å². The molecule has 0 spiro atoms. The summed E-state index contributed by atoms with van der Waals surface area (Å²) in [7, 11) is 0. The molecule has 0 unspecified atom stereocenters. The van der Waals surface area contributed by atoms with Crippen molar-refractivity contribution >= 4 is 22.6 Å². The van der Waals surface area contributed by atoms with Crippen molar-refractivity contribution in [3.63, 3.8) is 0 Å². The molecule has 0 saturated heterocycles. The molecule has 96 valence electrons. The Balaban J connectivity index is 2.93. The first-order chi connectivity index (χ1) is 7.91. The Bertz CT molecular complexity index is 146. The Morgan fingerprint density at radius 1 is 0.688 bits per heavy atom. The highest BCUT2D eigenvalue weighted by Gasteiger charge is 1.91. The largest absolute Gasteiger partial charge is 0.396 e. The maximum Gasteiger partial charge on any atom is 0.0465 e. The number of alkyl halides is 1. The van der Waals surface area contributed by atoms with Gasteiger partial charge in [-0.25, -0.2) is 0 Å². The molecule has 0 bridgehead atoms. The summed E-state index contributed by atoms with van der Waals surface area (Å²) >= 11 is 2.46. The standard InChI is InChI=1S/C14H27IO/c15-13-11-9-7-5-3-1-2-4-6-8-10-12-14-16/h8,10,16H,1-7,9,11-14H2/b10-8+. The number of hydrogen-bond donors (Lipinski definition) is 1. The highest BCUT2D eigenvalue weighted by molar-refractivity contribution is 14.1. The molecule has 0 aliphatic rings. The minimum Gasteiger partial charge on any atom is -0.396 e. The normalized spacial score (nSPS) is 11.4. The first kappa shape index (κ1) is 16.4. The van der Waals surface area contributed by atoms with Gasteiger partial charge in [0.15, 0.2) is 0 Å². The smallest absolute Gasteiger partial charge is 0.0465 e. The molecule has 0 heterocycles. The second-order valence-corrected chi connectivity index (χ2v) is 5.37. The quantitative estimate of drug-likeness (QED) is 0.233. The summed E-state index contributed by atoms with van der Waals surface area (Å²) in [6, 6.07) is 0. The summed E-state index contributed by atoms with van der Waals surface area (Å²) in [6.07, 6.45) is 17.5. The van der Waals surface area contributed by atoms with E-state index >= 15 is 0 Å². The molecule has 0 radical (unpaired) electrons. The third-order valence-corrected chi connectivity index (χ3v) is 3.48. The van der Waals surface area contributed by atoms with Crippen molar-refractivity contribution in [1.29, 1.82) is 0 Å². The van der Waals surface area contributed by atoms with Gasteiger partial charge in [-0.1, -0.05) is 73.3 Å². The number of rotatable bonds is 12. The van der Waals surface area contributed by atoms with Crippen molar-refractivity contribution in [1.82, 2.24) is 0 Å². The fourth-order valence-corrected chi connectivity index (χ4v) is 2.27. The van der Waals surface area contributed by atoms with Gasteiger partial charge in [-0.2, -0.15) is 0 Å². The second kappa shape index (κ2) is 15.4. The SMILES string of the molecule is OCC/C=C/CCCCCCCCCCI. The van der Waals surface area contributed by atoms with Crippen LogP contribution in [0.15, 0.2) is 12.2 Å². The summed E-state index contributed by atoms with van der Waals surface area (Å²) in [5.74, 6) is 0. The second-order valence-electron chi connectivity index (χ2n) is 4.29. The van der Waals surface area contributed by atoms with Crippen LogP contribution < -0.4 is 0 Å². The van der Waals surface area contributed by atoms with E-state index in [1.54, 1.807) is 0 Å². The van der Waals surface area contributed by atoms with Crippen LogP contribution in [0.3, 0.4) is 0 Å². The van der Waals surface area contributed by atoms with Crippen molar-refractivity contribution in [3.05, 3.63) is 12.2 Å². The van der Waals surface area contributed by atoms with E-state index in [9.17, 15) is 0 Å². The van der Waals surface area contributed by atoms with E-state index in [2.05, 4.69) is 34.7 Å². The van der Waals surface area contributed by atoms with Crippen molar-refractivity contribution in [2.45, 2.75) is 64.2 Å². The van der Waals surface area contributed by atoms with E-state index in [1.165, 1.54) is 62.2 Å². The molecule has 1 N–H and O–H groups in total. The number of aliphatic hydroxyl groups excluding tert-OH is 1. The van der Waals surface area contributed by atoms with E-state index < -0.39 is 0 Å². The Morgan fingerprint density at radius 3 is 1.75 bits per heavy atom. The molecule has 1 nitrogen and oxygen atoms in total. The average molecular weight is 338 g/mol. The maximum absolute atomic E-state index is 8.58. The van der Waals surface area contributed by atoms with Crippen molar-refractivity contribution < 1.29 is 5.11 Å². The molecule has 0 aliphatic heterocycles. The van der Waals surface area contributed by atoms with Gasteiger partial charge >= 0.3 is 0 Å². The van der Waals surface area contributed by atoms with E-state index in [0.29, 0.717) is 0 Å². The van der Waals surface area contributed by atoms with Gasteiger partial charge in [0.25, 0.3) is 0 Å². The molecule has 0 aromatic heterocycles. The summed E-state index contributed by atoms with van der Waals surface area (Å²) in [5, 5.41) is 8.58. The Hall–Kier alpha value is 0.430. The molecule has 16 heavy (non-hydrogen) atoms. The van der Waals surface area contributed by atoms with Crippen LogP contribution in [0, 0.1) is 0 Å². The molecule has 0 fully saturated rings. The molecule has 0 aromatic rings. The van der Waals surface area contributed by atoms with Crippen molar-refractivity contribution in [2.75, 3.05) is 11.0 Å². The topological polar surface area (TPSA) is 20.2 Å². The van der Waals surface area contributed by atoms with Crippen LogP contribution in [-0.2, 0) is 0 Å². The van der Waals surface area contributed by atoms with Gasteiger partial charge in [-0.05, 0) is 30.1 Å². The van der Waals surface area contributed by atoms with Gasteiger partial charge in [0, 0.05) is 6.61 Å². The lowest BCUT2D eigenvalue weighted by Crippen LogP contribution is -1.81. The average Bonchev–Trinajstić information content (AvgIpc) is 2.31. The number of unbranched alkanes of at least 4 members (excludes halogenated alkanes) is 8. The molecule has 0 aromatic carbocycles. The van der Waals surface area contributed by atoms with E-state index in [4.69, 9.17) is 5.11 Å². The molecule has 0 amide bonds. The van der Waals surface area contributed by atoms with E-state index in [-0.39, 0.29) is 6.61 Å². The molecule has 0 aliphatic carbocycles. The van der Waals surface area contributed by atoms with Gasteiger partial charge in [-0.3, -0.25) is 0 Å². The van der Waals surface area contributed by atoms with Crippen LogP contribution in [0.4, 0.5) is 0 Å². The van der Waals surface area contributed by atoms with Gasteiger partial charge < -0.3 is 5.11 Å². The Kier molecular flexibility index (Phi) is 15.8. The Labute approximate surface area is 115 Å². The maximum atomic E-state index is 8.58. The summed E-state index contributed by atoms with van der Waals surface area (Å²) in [4.78, 5) is 0. The van der Waals surface area contributed by atoms with Crippen LogP contribution in [0.2, 0.25) is 0 Å². The van der Waals surface area contributed by atoms with E-state index in [1.807, 2.05) is 0 Å². The minimum atomic E-state index is 0.285. The Morgan fingerprint density at radius 2 is 1.19 bits per heavy atom. The number of aliphatic hydroxyl groups is 1. The minimum absolute atomic E-state index is 0.285. The van der Waals surface area contributed by atoms with Gasteiger partial charge in [-0.15, -0.1) is 0 Å². The fraction of sp³-hybridized carbons (Fsp3) is 0.857. The molecular weight excluding hydrogens is 311 g/mol. The van der Waals surface area contributed by atoms with Crippen LogP contribution >= 0.6 is 22.6 Å². The van der Waals surface area contributed by atoms with Crippen LogP contribution in [0.1, 0.15) is 64.2 Å². The highest BCUT2D eigenvalue weighted by Crippen LogP contribution is 2.10. The lowest BCUT2D eigenvalue weighted by atomic mass is 10.1. The third kappa shape index (κ3) is 14.4. The summed E-state index contributed by atoms with van der Waals surface area (Å²) < 4.78 is 1.32. The first-order valence-corrected chi connectivity index (χ1v) is 8.26. The van der Waals surface area contributed by atoms with Gasteiger partial charge in [0.05, 0.1) is 0 Å². The monoisotopic (exact) mass is 338 g/mol. The lowest BCUT2D eigenvalue weighted by Gasteiger charge is -2.00. The summed E-state index contributed by atoms with van der Waals surface area (Å²) in [5.41, 5.74) is 0. The van der Waals surface area contributed by atoms with Crippen molar-refractivity contribution in [3.8, 4) is 0 Å². The fourth-order valence-electron chi connectivity index (χ4n) is 1.73. The predicted molar refractivity (Wildman–Crippen MR) is 81.3 cm³/mol. The number of hydrogen-bond acceptors (Lipinski definition) is 1. The van der Waals surface area contributed by atoms with Crippen molar-refractivity contribution in [2.24, 2.45) is 0 Å². The number of halogens is 1.